The topological polar surface area (TPSA) is 86.3 Å². The summed E-state index contributed by atoms with van der Waals surface area (Å²) in [6.07, 6.45) is 3.65. The summed E-state index contributed by atoms with van der Waals surface area (Å²) in [7, 11) is 1.54. The lowest BCUT2D eigenvalue weighted by Crippen LogP contribution is -2.43. The van der Waals surface area contributed by atoms with E-state index in [2.05, 4.69) is 9.97 Å². The van der Waals surface area contributed by atoms with Crippen LogP contribution in [0.5, 0.6) is 0 Å². The Balaban J connectivity index is 1.79. The molecule has 3 rings (SSSR count). The zero-order valence-electron chi connectivity index (χ0n) is 16.1. The van der Waals surface area contributed by atoms with Gasteiger partial charge in [0, 0.05) is 37.0 Å². The molecule has 2 aromatic carbocycles. The number of aromatic nitrogens is 2. The summed E-state index contributed by atoms with van der Waals surface area (Å²) in [6, 6.07) is 12.1. The third-order valence-electron chi connectivity index (χ3n) is 4.70. The molecule has 2 N–H and O–H groups in total. The molecule has 0 spiro atoms. The molecule has 0 fully saturated rings. The van der Waals surface area contributed by atoms with E-state index in [1.54, 1.807) is 24.5 Å². The van der Waals surface area contributed by atoms with E-state index in [9.17, 15) is 14.7 Å². The van der Waals surface area contributed by atoms with Gasteiger partial charge in [-0.05, 0) is 31.5 Å². The average Bonchev–Trinajstić information content (AvgIpc) is 3.19. The van der Waals surface area contributed by atoms with Crippen LogP contribution in [0.15, 0.2) is 54.9 Å². The summed E-state index contributed by atoms with van der Waals surface area (Å²) < 4.78 is 0. The van der Waals surface area contributed by atoms with Gasteiger partial charge in [0.05, 0.1) is 0 Å². The fourth-order valence-corrected chi connectivity index (χ4v) is 3.28. The van der Waals surface area contributed by atoms with Crippen LogP contribution in [0.2, 0.25) is 0 Å². The predicted molar refractivity (Wildman–Crippen MR) is 107 cm³/mol. The number of aromatic amines is 1. The lowest BCUT2D eigenvalue weighted by Gasteiger charge is -2.25. The number of rotatable bonds is 6. The van der Waals surface area contributed by atoms with Crippen LogP contribution in [-0.2, 0) is 11.2 Å². The summed E-state index contributed by atoms with van der Waals surface area (Å²) in [5.74, 6) is -0.579. The minimum absolute atomic E-state index is 0.223. The number of carboxylic acids is 1. The third kappa shape index (κ3) is 4.28. The maximum Gasteiger partial charge on any atom is 0.326 e. The Hall–Kier alpha value is -3.41. The van der Waals surface area contributed by atoms with Gasteiger partial charge in [-0.15, -0.1) is 0 Å². The molecule has 1 atom stereocenters. The first kappa shape index (κ1) is 19.4. The summed E-state index contributed by atoms with van der Waals surface area (Å²) in [4.78, 5) is 33.2. The maximum atomic E-state index is 12.8. The second kappa shape index (κ2) is 8.08. The molecule has 0 saturated carbocycles. The molecule has 0 unspecified atom stereocenters. The molecule has 6 heteroatoms. The van der Waals surface area contributed by atoms with Gasteiger partial charge >= 0.3 is 5.97 Å². The standard InChI is InChI=1S/C22H23N3O3/c1-14-10-15(2)12-18(11-14)21(26)25(3)19(22(27)28)13-16-4-6-17(7-5-16)20-23-8-9-24-20/h4-12,19H,13H2,1-3H3,(H,23,24)(H,27,28)/t19-/m0/s1. The number of aliphatic carboxylic acids is 1. The van der Waals surface area contributed by atoms with Crippen LogP contribution in [0.25, 0.3) is 11.4 Å². The van der Waals surface area contributed by atoms with Gasteiger partial charge in [0.25, 0.3) is 5.91 Å². The number of carbonyl (C=O) groups is 2. The first-order valence-corrected chi connectivity index (χ1v) is 9.02. The minimum Gasteiger partial charge on any atom is -0.480 e. The van der Waals surface area contributed by atoms with Crippen molar-refractivity contribution in [2.24, 2.45) is 0 Å². The van der Waals surface area contributed by atoms with E-state index in [0.717, 1.165) is 28.1 Å². The molecule has 28 heavy (non-hydrogen) atoms. The zero-order chi connectivity index (χ0) is 20.3. The van der Waals surface area contributed by atoms with Crippen molar-refractivity contribution in [2.75, 3.05) is 7.05 Å². The van der Waals surface area contributed by atoms with Crippen LogP contribution >= 0.6 is 0 Å². The lowest BCUT2D eigenvalue weighted by molar-refractivity contribution is -0.141. The number of carboxylic acid groups (broad SMARTS) is 1. The van der Waals surface area contributed by atoms with Crippen molar-refractivity contribution in [1.82, 2.24) is 14.9 Å². The van der Waals surface area contributed by atoms with Gasteiger partial charge in [-0.25, -0.2) is 9.78 Å². The highest BCUT2D eigenvalue weighted by atomic mass is 16.4. The first-order valence-electron chi connectivity index (χ1n) is 9.02. The summed E-state index contributed by atoms with van der Waals surface area (Å²) >= 11 is 0. The Labute approximate surface area is 163 Å². The minimum atomic E-state index is -1.03. The first-order chi connectivity index (χ1) is 13.3. The monoisotopic (exact) mass is 377 g/mol. The summed E-state index contributed by atoms with van der Waals surface area (Å²) in [5.41, 5.74) is 4.19. The molecule has 0 bridgehead atoms. The van der Waals surface area contributed by atoms with Crippen LogP contribution in [0.3, 0.4) is 0 Å². The second-order valence-corrected chi connectivity index (χ2v) is 6.99. The van der Waals surface area contributed by atoms with E-state index < -0.39 is 12.0 Å². The molecular weight excluding hydrogens is 354 g/mol. The van der Waals surface area contributed by atoms with Crippen molar-refractivity contribution >= 4 is 11.9 Å². The molecule has 6 nitrogen and oxygen atoms in total. The van der Waals surface area contributed by atoms with Crippen LogP contribution in [0.1, 0.15) is 27.0 Å². The predicted octanol–water partition coefficient (Wildman–Crippen LogP) is 3.46. The molecule has 0 saturated heterocycles. The summed E-state index contributed by atoms with van der Waals surface area (Å²) in [6.45, 7) is 3.83. The van der Waals surface area contributed by atoms with Crippen molar-refractivity contribution in [3.8, 4) is 11.4 Å². The van der Waals surface area contributed by atoms with E-state index in [4.69, 9.17) is 0 Å². The number of nitrogens with zero attached hydrogens (tertiary/aromatic N) is 2. The van der Waals surface area contributed by atoms with Gasteiger partial charge in [0.15, 0.2) is 0 Å². The highest BCUT2D eigenvalue weighted by Crippen LogP contribution is 2.18. The second-order valence-electron chi connectivity index (χ2n) is 6.99. The average molecular weight is 377 g/mol. The molecule has 3 aromatic rings. The molecular formula is C22H23N3O3. The number of aryl methyl sites for hydroxylation is 2. The van der Waals surface area contributed by atoms with Crippen molar-refractivity contribution in [2.45, 2.75) is 26.3 Å². The van der Waals surface area contributed by atoms with Gasteiger partial charge < -0.3 is 15.0 Å². The van der Waals surface area contributed by atoms with Gasteiger partial charge in [-0.1, -0.05) is 41.5 Å². The molecule has 1 heterocycles. The Kier molecular flexibility index (Phi) is 5.59. The normalized spacial score (nSPS) is 11.8. The van der Waals surface area contributed by atoms with Gasteiger partial charge in [0.2, 0.25) is 0 Å². The number of amides is 1. The molecule has 0 aliphatic rings. The Bertz CT molecular complexity index is 959. The maximum absolute atomic E-state index is 12.8. The molecule has 0 radical (unpaired) electrons. The van der Waals surface area contributed by atoms with Crippen LogP contribution in [-0.4, -0.2) is 44.9 Å². The lowest BCUT2D eigenvalue weighted by atomic mass is 10.0. The van der Waals surface area contributed by atoms with Gasteiger partial charge in [0.1, 0.15) is 11.9 Å². The highest BCUT2D eigenvalue weighted by molar-refractivity contribution is 5.96. The SMILES string of the molecule is Cc1cc(C)cc(C(=O)N(C)[C@@H](Cc2ccc(-c3ncc[nH]3)cc2)C(=O)O)c1. The van der Waals surface area contributed by atoms with E-state index >= 15 is 0 Å². The number of nitrogens with one attached hydrogen (secondary N) is 1. The molecule has 144 valence electrons. The van der Waals surface area contributed by atoms with Crippen LogP contribution < -0.4 is 0 Å². The fraction of sp³-hybridized carbons (Fsp3) is 0.227. The molecule has 0 aliphatic carbocycles. The fourth-order valence-electron chi connectivity index (χ4n) is 3.28. The number of likely N-dealkylation sites (N-methyl/N-ethyl adjacent to an activating group) is 1. The van der Waals surface area contributed by atoms with Gasteiger partial charge in [-0.3, -0.25) is 4.79 Å². The third-order valence-corrected chi connectivity index (χ3v) is 4.70. The number of carbonyl (C=O) groups excluding carboxylic acids is 1. The molecule has 1 aromatic heterocycles. The van der Waals surface area contributed by atoms with E-state index in [0.29, 0.717) is 5.56 Å². The smallest absolute Gasteiger partial charge is 0.326 e. The number of benzene rings is 2. The number of imidazole rings is 1. The van der Waals surface area contributed by atoms with Crippen molar-refractivity contribution in [1.29, 1.82) is 0 Å². The largest absolute Gasteiger partial charge is 0.480 e. The summed E-state index contributed by atoms with van der Waals surface area (Å²) in [5, 5.41) is 9.71. The van der Waals surface area contributed by atoms with Gasteiger partial charge in [-0.2, -0.15) is 0 Å². The Morgan fingerprint density at radius 2 is 1.75 bits per heavy atom. The number of hydrogen-bond donors (Lipinski definition) is 2. The zero-order valence-corrected chi connectivity index (χ0v) is 16.1. The molecule has 0 aliphatic heterocycles. The van der Waals surface area contributed by atoms with Crippen LogP contribution in [0, 0.1) is 13.8 Å². The van der Waals surface area contributed by atoms with Crippen LogP contribution in [0.4, 0.5) is 0 Å². The Morgan fingerprint density at radius 3 is 2.29 bits per heavy atom. The Morgan fingerprint density at radius 1 is 1.11 bits per heavy atom. The molecule has 1 amide bonds. The number of hydrogen-bond acceptors (Lipinski definition) is 3. The van der Waals surface area contributed by atoms with Crippen molar-refractivity contribution in [3.05, 3.63) is 77.1 Å². The quantitative estimate of drug-likeness (QED) is 0.689. The van der Waals surface area contributed by atoms with E-state index in [-0.39, 0.29) is 12.3 Å². The highest BCUT2D eigenvalue weighted by Gasteiger charge is 2.27. The van der Waals surface area contributed by atoms with E-state index in [1.807, 2.05) is 44.2 Å². The number of H-pyrrole nitrogens is 1. The van der Waals surface area contributed by atoms with Crippen molar-refractivity contribution in [3.63, 3.8) is 0 Å². The van der Waals surface area contributed by atoms with E-state index in [1.165, 1.54) is 11.9 Å². The van der Waals surface area contributed by atoms with Crippen molar-refractivity contribution < 1.29 is 14.7 Å².